The van der Waals surface area contributed by atoms with E-state index in [9.17, 15) is 0 Å². The Hall–Kier alpha value is -2.21. The number of benzene rings is 1. The van der Waals surface area contributed by atoms with E-state index in [4.69, 9.17) is 24.5 Å². The number of aromatic nitrogens is 1. The first-order valence-corrected chi connectivity index (χ1v) is 5.66. The van der Waals surface area contributed by atoms with Gasteiger partial charge in [0.25, 0.3) is 0 Å². The Morgan fingerprint density at radius 3 is 2.47 bits per heavy atom. The molecule has 102 valence electrons. The van der Waals surface area contributed by atoms with Crippen molar-refractivity contribution in [1.29, 1.82) is 0 Å². The second-order valence-electron chi connectivity index (χ2n) is 3.92. The number of rotatable bonds is 5. The topological polar surface area (TPSA) is 79.7 Å². The molecule has 0 saturated heterocycles. The molecule has 6 nitrogen and oxygen atoms in total. The Kier molecular flexibility index (Phi) is 3.91. The number of nitrogens with zero attached hydrogens (tertiary/aromatic N) is 1. The predicted octanol–water partition coefficient (Wildman–Crippen LogP) is 2.09. The monoisotopic (exact) mass is 264 g/mol. The lowest BCUT2D eigenvalue weighted by molar-refractivity contribution is 0.181. The summed E-state index contributed by atoms with van der Waals surface area (Å²) >= 11 is 0. The number of ether oxygens (including phenoxy) is 3. The molecule has 0 bridgehead atoms. The Labute approximate surface area is 111 Å². The van der Waals surface area contributed by atoms with Crippen LogP contribution < -0.4 is 15.2 Å². The summed E-state index contributed by atoms with van der Waals surface area (Å²) in [6.07, 6.45) is 0. The zero-order valence-corrected chi connectivity index (χ0v) is 11.1. The first-order chi connectivity index (χ1) is 9.19. The predicted molar refractivity (Wildman–Crippen MR) is 70.2 cm³/mol. The van der Waals surface area contributed by atoms with Crippen molar-refractivity contribution in [3.63, 3.8) is 0 Å². The van der Waals surface area contributed by atoms with Gasteiger partial charge in [-0.1, -0.05) is 5.16 Å². The van der Waals surface area contributed by atoms with Crippen molar-refractivity contribution >= 4 is 5.88 Å². The van der Waals surface area contributed by atoms with Crippen LogP contribution in [0.2, 0.25) is 0 Å². The molecule has 0 amide bonds. The minimum absolute atomic E-state index is 0.262. The van der Waals surface area contributed by atoms with Gasteiger partial charge in [-0.2, -0.15) is 0 Å². The molecule has 1 aromatic heterocycles. The van der Waals surface area contributed by atoms with E-state index in [1.165, 1.54) is 0 Å². The quantitative estimate of drug-likeness (QED) is 0.890. The normalized spacial score (nSPS) is 10.5. The van der Waals surface area contributed by atoms with Crippen molar-refractivity contribution in [2.45, 2.75) is 6.61 Å². The highest BCUT2D eigenvalue weighted by Gasteiger charge is 2.15. The van der Waals surface area contributed by atoms with E-state index in [0.717, 1.165) is 11.1 Å². The van der Waals surface area contributed by atoms with E-state index in [1.54, 1.807) is 27.4 Å². The molecule has 2 N–H and O–H groups in total. The molecule has 0 unspecified atom stereocenters. The molecule has 1 aromatic carbocycles. The lowest BCUT2D eigenvalue weighted by Crippen LogP contribution is -1.98. The van der Waals surface area contributed by atoms with Crippen LogP contribution in [0.1, 0.15) is 5.56 Å². The van der Waals surface area contributed by atoms with Gasteiger partial charge < -0.3 is 24.5 Å². The van der Waals surface area contributed by atoms with E-state index < -0.39 is 0 Å². The Morgan fingerprint density at radius 2 is 1.95 bits per heavy atom. The highest BCUT2D eigenvalue weighted by atomic mass is 16.5. The van der Waals surface area contributed by atoms with Crippen molar-refractivity contribution in [3.8, 4) is 22.8 Å². The molecule has 6 heteroatoms. The maximum atomic E-state index is 5.53. The Bertz CT molecular complexity index is 566. The molecule has 0 aliphatic carbocycles. The molecule has 2 aromatic rings. The SMILES string of the molecule is COCc1cc(-c2cc(N)on2)cc(OC)c1OC. The van der Waals surface area contributed by atoms with Gasteiger partial charge in [0.2, 0.25) is 5.88 Å². The fourth-order valence-corrected chi connectivity index (χ4v) is 1.88. The zero-order valence-electron chi connectivity index (χ0n) is 11.1. The molecule has 2 rings (SSSR count). The number of anilines is 1. The molecule has 0 saturated carbocycles. The lowest BCUT2D eigenvalue weighted by atomic mass is 10.1. The van der Waals surface area contributed by atoms with Crippen molar-refractivity contribution < 1.29 is 18.7 Å². The summed E-state index contributed by atoms with van der Waals surface area (Å²) in [4.78, 5) is 0. The number of hydrogen-bond donors (Lipinski definition) is 1. The first kappa shape index (κ1) is 13.2. The molecular formula is C13H16N2O4. The van der Waals surface area contributed by atoms with E-state index in [0.29, 0.717) is 23.8 Å². The van der Waals surface area contributed by atoms with Crippen LogP contribution in [0, 0.1) is 0 Å². The lowest BCUT2D eigenvalue weighted by Gasteiger charge is -2.13. The van der Waals surface area contributed by atoms with Gasteiger partial charge in [-0.25, -0.2) is 0 Å². The van der Waals surface area contributed by atoms with Crippen LogP contribution in [-0.2, 0) is 11.3 Å². The number of nitrogen functional groups attached to an aromatic ring is 1. The van der Waals surface area contributed by atoms with Gasteiger partial charge in [-0.05, 0) is 12.1 Å². The molecule has 0 fully saturated rings. The Morgan fingerprint density at radius 1 is 1.16 bits per heavy atom. The molecule has 0 spiro atoms. The van der Waals surface area contributed by atoms with E-state index in [-0.39, 0.29) is 5.88 Å². The Balaban J connectivity index is 2.53. The third kappa shape index (κ3) is 2.63. The molecular weight excluding hydrogens is 248 g/mol. The highest BCUT2D eigenvalue weighted by molar-refractivity contribution is 5.67. The molecule has 19 heavy (non-hydrogen) atoms. The van der Waals surface area contributed by atoms with Gasteiger partial charge in [0.05, 0.1) is 20.8 Å². The van der Waals surface area contributed by atoms with Crippen LogP contribution in [0.5, 0.6) is 11.5 Å². The molecule has 0 aliphatic heterocycles. The van der Waals surface area contributed by atoms with Gasteiger partial charge in [0, 0.05) is 24.3 Å². The van der Waals surface area contributed by atoms with Crippen LogP contribution in [0.15, 0.2) is 22.7 Å². The number of hydrogen-bond acceptors (Lipinski definition) is 6. The molecule has 0 radical (unpaired) electrons. The summed E-state index contributed by atoms with van der Waals surface area (Å²) in [6, 6.07) is 5.37. The molecule has 0 atom stereocenters. The molecule has 1 heterocycles. The average molecular weight is 264 g/mol. The van der Waals surface area contributed by atoms with Crippen molar-refractivity contribution in [2.75, 3.05) is 27.1 Å². The van der Waals surface area contributed by atoms with E-state index in [1.807, 2.05) is 12.1 Å². The maximum Gasteiger partial charge on any atom is 0.222 e. The highest BCUT2D eigenvalue weighted by Crippen LogP contribution is 2.36. The standard InChI is InChI=1S/C13H16N2O4/c1-16-7-9-4-8(10-6-12(14)19-15-10)5-11(17-2)13(9)18-3/h4-6H,7,14H2,1-3H3. The molecule has 0 aliphatic rings. The summed E-state index contributed by atoms with van der Waals surface area (Å²) in [5.41, 5.74) is 7.85. The van der Waals surface area contributed by atoms with Crippen LogP contribution >= 0.6 is 0 Å². The summed E-state index contributed by atoms with van der Waals surface area (Å²) < 4.78 is 20.7. The minimum Gasteiger partial charge on any atom is -0.493 e. The summed E-state index contributed by atoms with van der Waals surface area (Å²) in [6.45, 7) is 0.403. The summed E-state index contributed by atoms with van der Waals surface area (Å²) in [7, 11) is 4.78. The smallest absolute Gasteiger partial charge is 0.222 e. The van der Waals surface area contributed by atoms with E-state index >= 15 is 0 Å². The van der Waals surface area contributed by atoms with Crippen LogP contribution in [-0.4, -0.2) is 26.5 Å². The minimum atomic E-state index is 0.262. The van der Waals surface area contributed by atoms with Crippen molar-refractivity contribution in [2.24, 2.45) is 0 Å². The van der Waals surface area contributed by atoms with Gasteiger partial charge in [0.1, 0.15) is 5.69 Å². The fraction of sp³-hybridized carbons (Fsp3) is 0.308. The average Bonchev–Trinajstić information content (AvgIpc) is 2.85. The van der Waals surface area contributed by atoms with Gasteiger partial charge in [0.15, 0.2) is 11.5 Å². The van der Waals surface area contributed by atoms with Crippen LogP contribution in [0.3, 0.4) is 0 Å². The summed E-state index contributed by atoms with van der Waals surface area (Å²) in [5, 5.41) is 3.88. The van der Waals surface area contributed by atoms with Crippen LogP contribution in [0.4, 0.5) is 5.88 Å². The van der Waals surface area contributed by atoms with Crippen molar-refractivity contribution in [1.82, 2.24) is 5.16 Å². The maximum absolute atomic E-state index is 5.53. The number of methoxy groups -OCH3 is 3. The zero-order chi connectivity index (χ0) is 13.8. The van der Waals surface area contributed by atoms with Crippen molar-refractivity contribution in [3.05, 3.63) is 23.8 Å². The van der Waals surface area contributed by atoms with Crippen LogP contribution in [0.25, 0.3) is 11.3 Å². The second kappa shape index (κ2) is 5.62. The third-order valence-electron chi connectivity index (χ3n) is 2.68. The first-order valence-electron chi connectivity index (χ1n) is 5.66. The number of nitrogens with two attached hydrogens (primary N) is 1. The van der Waals surface area contributed by atoms with Gasteiger partial charge in [-0.15, -0.1) is 0 Å². The summed E-state index contributed by atoms with van der Waals surface area (Å²) in [5.74, 6) is 1.51. The van der Waals surface area contributed by atoms with Gasteiger partial charge >= 0.3 is 0 Å². The van der Waals surface area contributed by atoms with Gasteiger partial charge in [-0.3, -0.25) is 0 Å². The van der Waals surface area contributed by atoms with E-state index in [2.05, 4.69) is 5.16 Å². The third-order valence-corrected chi connectivity index (χ3v) is 2.68. The fourth-order valence-electron chi connectivity index (χ4n) is 1.88. The second-order valence-corrected chi connectivity index (χ2v) is 3.92. The largest absolute Gasteiger partial charge is 0.493 e.